The van der Waals surface area contributed by atoms with Gasteiger partial charge in [0, 0.05) is 0 Å². The Labute approximate surface area is 105 Å². The molecule has 1 rings (SSSR count). The normalized spacial score (nSPS) is 25.5. The molecule has 5 heteroatoms. The number of hydrogen-bond acceptors (Lipinski definition) is 4. The molecule has 0 aromatic heterocycles. The molecule has 0 saturated heterocycles. The number of allylic oxidation sites excluding steroid dienone is 1. The van der Waals surface area contributed by atoms with Crippen molar-refractivity contribution in [2.45, 2.75) is 32.5 Å². The van der Waals surface area contributed by atoms with Gasteiger partial charge in [0.2, 0.25) is 5.79 Å². The summed E-state index contributed by atoms with van der Waals surface area (Å²) < 4.78 is 19.3. The highest BCUT2D eigenvalue weighted by Crippen LogP contribution is 2.40. The van der Waals surface area contributed by atoms with E-state index in [1.54, 1.807) is 0 Å². The fourth-order valence-corrected chi connectivity index (χ4v) is 2.10. The second-order valence-electron chi connectivity index (χ2n) is 3.76. The van der Waals surface area contributed by atoms with Crippen LogP contribution in [0.4, 0.5) is 4.39 Å². The van der Waals surface area contributed by atoms with Crippen LogP contribution < -0.4 is 0 Å². The molecule has 17 heavy (non-hydrogen) atoms. The number of rotatable bonds is 5. The average Bonchev–Trinajstić information content (AvgIpc) is 2.54. The Morgan fingerprint density at radius 3 is 3.00 bits per heavy atom. The standard InChI is InChI=1S/C12H15FN2OS/c1-4-5-6-16-9(2)7-10-12(3,13)15-11(8-14)17-10/h7H,2,4-6H2,1,3H3/b10-7+. The van der Waals surface area contributed by atoms with Gasteiger partial charge >= 0.3 is 0 Å². The van der Waals surface area contributed by atoms with Crippen molar-refractivity contribution in [3.8, 4) is 6.07 Å². The monoisotopic (exact) mass is 254 g/mol. The summed E-state index contributed by atoms with van der Waals surface area (Å²) in [6.45, 7) is 7.64. The molecule has 1 atom stereocenters. The van der Waals surface area contributed by atoms with Gasteiger partial charge < -0.3 is 4.74 Å². The van der Waals surface area contributed by atoms with E-state index in [2.05, 4.69) is 18.5 Å². The third-order valence-electron chi connectivity index (χ3n) is 2.14. The number of halogens is 1. The maximum Gasteiger partial charge on any atom is 0.230 e. The van der Waals surface area contributed by atoms with E-state index >= 15 is 0 Å². The van der Waals surface area contributed by atoms with Gasteiger partial charge in [-0.3, -0.25) is 0 Å². The number of alkyl halides is 1. The van der Waals surface area contributed by atoms with Crippen LogP contribution in [0.1, 0.15) is 26.7 Å². The highest BCUT2D eigenvalue weighted by molar-refractivity contribution is 8.18. The molecule has 3 nitrogen and oxygen atoms in total. The summed E-state index contributed by atoms with van der Waals surface area (Å²) >= 11 is 1.02. The first-order chi connectivity index (χ1) is 7.99. The Kier molecular flexibility index (Phi) is 4.76. The first kappa shape index (κ1) is 13.8. The lowest BCUT2D eigenvalue weighted by molar-refractivity contribution is 0.218. The molecule has 0 fully saturated rings. The number of hydrogen-bond donors (Lipinski definition) is 0. The third-order valence-corrected chi connectivity index (χ3v) is 3.23. The fourth-order valence-electron chi connectivity index (χ4n) is 1.21. The van der Waals surface area contributed by atoms with Gasteiger partial charge in [0.15, 0.2) is 5.04 Å². The highest BCUT2D eigenvalue weighted by Gasteiger charge is 2.36. The Bertz CT molecular complexity index is 407. The van der Waals surface area contributed by atoms with Crippen molar-refractivity contribution >= 4 is 16.8 Å². The second kappa shape index (κ2) is 5.87. The van der Waals surface area contributed by atoms with Gasteiger partial charge in [0.1, 0.15) is 11.8 Å². The van der Waals surface area contributed by atoms with E-state index in [4.69, 9.17) is 10.00 Å². The number of ether oxygens (including phenoxy) is 1. The van der Waals surface area contributed by atoms with Crippen molar-refractivity contribution in [1.82, 2.24) is 0 Å². The Hall–Kier alpha value is -1.28. The number of thioether (sulfide) groups is 1. The summed E-state index contributed by atoms with van der Waals surface area (Å²) in [6.07, 6.45) is 3.47. The minimum absolute atomic E-state index is 0.127. The van der Waals surface area contributed by atoms with Gasteiger partial charge in [-0.15, -0.1) is 0 Å². The van der Waals surface area contributed by atoms with Crippen LogP contribution in [0.5, 0.6) is 0 Å². The summed E-state index contributed by atoms with van der Waals surface area (Å²) in [4.78, 5) is 4.00. The van der Waals surface area contributed by atoms with Crippen molar-refractivity contribution in [3.05, 3.63) is 23.3 Å². The van der Waals surface area contributed by atoms with Crippen LogP contribution >= 0.6 is 11.8 Å². The van der Waals surface area contributed by atoms with E-state index in [0.717, 1.165) is 24.6 Å². The van der Waals surface area contributed by atoms with Gasteiger partial charge in [0.25, 0.3) is 0 Å². The molecule has 0 radical (unpaired) electrons. The van der Waals surface area contributed by atoms with Crippen LogP contribution in [0.2, 0.25) is 0 Å². The molecular weight excluding hydrogens is 239 g/mol. The van der Waals surface area contributed by atoms with Gasteiger partial charge in [-0.25, -0.2) is 9.38 Å². The summed E-state index contributed by atoms with van der Waals surface area (Å²) in [5.41, 5.74) is 0. The summed E-state index contributed by atoms with van der Waals surface area (Å²) in [7, 11) is 0. The smallest absolute Gasteiger partial charge is 0.230 e. The molecule has 1 aliphatic heterocycles. The molecule has 0 aliphatic carbocycles. The van der Waals surface area contributed by atoms with Gasteiger partial charge in [-0.2, -0.15) is 5.26 Å². The molecule has 0 spiro atoms. The SMILES string of the molecule is C=C(/C=C1/SC(C#N)=NC1(C)F)OCCCC. The zero-order valence-electron chi connectivity index (χ0n) is 9.99. The predicted octanol–water partition coefficient (Wildman–Crippen LogP) is 3.56. The first-order valence-electron chi connectivity index (χ1n) is 5.40. The van der Waals surface area contributed by atoms with Crippen LogP contribution in [-0.4, -0.2) is 17.4 Å². The maximum absolute atomic E-state index is 13.9. The van der Waals surface area contributed by atoms with Crippen LogP contribution in [0.3, 0.4) is 0 Å². The lowest BCUT2D eigenvalue weighted by Gasteiger charge is -2.12. The van der Waals surface area contributed by atoms with E-state index < -0.39 is 5.79 Å². The van der Waals surface area contributed by atoms with E-state index in [9.17, 15) is 4.39 Å². The van der Waals surface area contributed by atoms with Crippen LogP contribution in [0, 0.1) is 11.3 Å². The maximum atomic E-state index is 13.9. The van der Waals surface area contributed by atoms with E-state index in [-0.39, 0.29) is 5.04 Å². The number of nitriles is 1. The van der Waals surface area contributed by atoms with Crippen LogP contribution in [0.25, 0.3) is 0 Å². The van der Waals surface area contributed by atoms with E-state index in [1.165, 1.54) is 13.0 Å². The van der Waals surface area contributed by atoms with Gasteiger partial charge in [0.05, 0.1) is 11.5 Å². The summed E-state index contributed by atoms with van der Waals surface area (Å²) in [5.74, 6) is -1.44. The number of aliphatic imine (C=N–C) groups is 1. The molecule has 0 N–H and O–H groups in total. The molecule has 0 aromatic carbocycles. The minimum Gasteiger partial charge on any atom is -0.494 e. The highest BCUT2D eigenvalue weighted by atomic mass is 32.2. The Balaban J connectivity index is 2.63. The molecular formula is C12H15FN2OS. The van der Waals surface area contributed by atoms with Crippen molar-refractivity contribution < 1.29 is 9.13 Å². The topological polar surface area (TPSA) is 45.4 Å². The molecule has 92 valence electrons. The zero-order valence-corrected chi connectivity index (χ0v) is 10.8. The number of nitrogens with zero attached hydrogens (tertiary/aromatic N) is 2. The Morgan fingerprint density at radius 1 is 1.76 bits per heavy atom. The van der Waals surface area contributed by atoms with Crippen molar-refractivity contribution in [2.75, 3.05) is 6.61 Å². The predicted molar refractivity (Wildman–Crippen MR) is 68.2 cm³/mol. The molecule has 1 aliphatic rings. The molecule has 0 bridgehead atoms. The second-order valence-corrected chi connectivity index (χ2v) is 4.79. The van der Waals surface area contributed by atoms with Gasteiger partial charge in [-0.1, -0.05) is 31.7 Å². The molecule has 1 unspecified atom stereocenters. The largest absolute Gasteiger partial charge is 0.494 e. The third kappa shape index (κ3) is 3.90. The lowest BCUT2D eigenvalue weighted by atomic mass is 10.2. The van der Waals surface area contributed by atoms with E-state index in [1.807, 2.05) is 6.07 Å². The first-order valence-corrected chi connectivity index (χ1v) is 6.22. The Morgan fingerprint density at radius 2 is 2.47 bits per heavy atom. The van der Waals surface area contributed by atoms with Gasteiger partial charge in [-0.05, 0) is 19.4 Å². The summed E-state index contributed by atoms with van der Waals surface area (Å²) in [6, 6.07) is 1.84. The van der Waals surface area contributed by atoms with E-state index in [0.29, 0.717) is 17.3 Å². The van der Waals surface area contributed by atoms with Crippen molar-refractivity contribution in [2.24, 2.45) is 4.99 Å². The summed E-state index contributed by atoms with van der Waals surface area (Å²) in [5, 5.41) is 8.80. The molecule has 0 amide bonds. The quantitative estimate of drug-likeness (QED) is 0.428. The zero-order chi connectivity index (χ0) is 12.9. The number of unbranched alkanes of at least 4 members (excludes halogenated alkanes) is 1. The molecule has 1 heterocycles. The minimum atomic E-state index is -1.84. The fraction of sp³-hybridized carbons (Fsp3) is 0.500. The van der Waals surface area contributed by atoms with Crippen LogP contribution in [0.15, 0.2) is 28.3 Å². The molecule has 0 saturated carbocycles. The van der Waals surface area contributed by atoms with Crippen molar-refractivity contribution in [1.29, 1.82) is 5.26 Å². The molecule has 0 aromatic rings. The van der Waals surface area contributed by atoms with Crippen molar-refractivity contribution in [3.63, 3.8) is 0 Å². The average molecular weight is 254 g/mol. The lowest BCUT2D eigenvalue weighted by Crippen LogP contribution is -2.12. The van der Waals surface area contributed by atoms with Crippen LogP contribution in [-0.2, 0) is 4.74 Å².